The van der Waals surface area contributed by atoms with E-state index in [1.807, 2.05) is 6.08 Å². The van der Waals surface area contributed by atoms with Crippen molar-refractivity contribution in [3.05, 3.63) is 127 Å². The lowest BCUT2D eigenvalue weighted by Gasteiger charge is -2.13. The van der Waals surface area contributed by atoms with Crippen LogP contribution in [0.4, 0.5) is 11.4 Å². The van der Waals surface area contributed by atoms with Crippen LogP contribution in [0.15, 0.2) is 120 Å². The first-order valence-corrected chi connectivity index (χ1v) is 11.8. The molecule has 0 aliphatic heterocycles. The van der Waals surface area contributed by atoms with Crippen molar-refractivity contribution in [2.24, 2.45) is 0 Å². The average Bonchev–Trinajstić information content (AvgIpc) is 3.27. The molecule has 35 heavy (non-hydrogen) atoms. The molecule has 0 saturated heterocycles. The van der Waals surface area contributed by atoms with Crippen molar-refractivity contribution in [3.8, 4) is 11.1 Å². The van der Waals surface area contributed by atoms with Crippen LogP contribution in [-0.4, -0.2) is 0 Å². The summed E-state index contributed by atoms with van der Waals surface area (Å²) in [5.41, 5.74) is 8.57. The molecule has 168 valence electrons. The first-order chi connectivity index (χ1) is 17.2. The monoisotopic (exact) mass is 451 g/mol. The quantitative estimate of drug-likeness (QED) is 0.264. The summed E-state index contributed by atoms with van der Waals surface area (Å²) in [6.07, 6.45) is 5.80. The number of furan rings is 1. The Morgan fingerprint density at radius 3 is 2.34 bits per heavy atom. The molecule has 0 unspecified atom stereocenters. The molecule has 6 aromatic rings. The summed E-state index contributed by atoms with van der Waals surface area (Å²) < 4.78 is 6.38. The van der Waals surface area contributed by atoms with E-state index >= 15 is 0 Å². The molecule has 5 aromatic carbocycles. The molecule has 1 heterocycles. The zero-order valence-corrected chi connectivity index (χ0v) is 19.6. The Hall–Kier alpha value is -4.56. The van der Waals surface area contributed by atoms with Gasteiger partial charge in [0.2, 0.25) is 0 Å². The number of fused-ring (bicyclic) bond motifs is 4. The summed E-state index contributed by atoms with van der Waals surface area (Å²) in [6.45, 7) is 5.90. The average molecular weight is 452 g/mol. The number of anilines is 2. The summed E-state index contributed by atoms with van der Waals surface area (Å²) in [5.74, 6) is 0. The van der Waals surface area contributed by atoms with Gasteiger partial charge in [-0.15, -0.1) is 0 Å². The lowest BCUT2D eigenvalue weighted by molar-refractivity contribution is 0.668. The van der Waals surface area contributed by atoms with Gasteiger partial charge in [0, 0.05) is 39.2 Å². The van der Waals surface area contributed by atoms with Crippen LogP contribution in [0.5, 0.6) is 0 Å². The van der Waals surface area contributed by atoms with Crippen molar-refractivity contribution in [1.82, 2.24) is 0 Å². The standard InChI is InChI=1S/C33H25NO/c1-3-4-12-25-22(2)15-17-30-29-18-16-24(21-32(29)35-33(25)30)34-31-20-19-26(23-10-6-5-7-11-23)27-13-8-9-14-28(27)31/h3-21,34H,1H2,2H3/b12-4-. The van der Waals surface area contributed by atoms with Gasteiger partial charge in [0.15, 0.2) is 0 Å². The normalized spacial score (nSPS) is 11.6. The van der Waals surface area contributed by atoms with E-state index in [1.54, 1.807) is 6.08 Å². The number of rotatable bonds is 5. The number of hydrogen-bond donors (Lipinski definition) is 1. The molecular formula is C33H25NO. The van der Waals surface area contributed by atoms with Crippen molar-refractivity contribution in [3.63, 3.8) is 0 Å². The van der Waals surface area contributed by atoms with Crippen LogP contribution in [0.3, 0.4) is 0 Å². The Bertz CT molecular complexity index is 1740. The van der Waals surface area contributed by atoms with Crippen LogP contribution < -0.4 is 5.32 Å². The van der Waals surface area contributed by atoms with Gasteiger partial charge in [-0.1, -0.05) is 97.6 Å². The van der Waals surface area contributed by atoms with E-state index in [9.17, 15) is 0 Å². The van der Waals surface area contributed by atoms with Crippen LogP contribution in [0.25, 0.3) is 49.9 Å². The molecule has 0 atom stereocenters. The van der Waals surface area contributed by atoms with Gasteiger partial charge in [0.05, 0.1) is 0 Å². The molecule has 0 fully saturated rings. The lowest BCUT2D eigenvalue weighted by Crippen LogP contribution is -1.92. The zero-order valence-electron chi connectivity index (χ0n) is 19.6. The van der Waals surface area contributed by atoms with E-state index in [-0.39, 0.29) is 0 Å². The number of aryl methyl sites for hydroxylation is 1. The molecule has 2 nitrogen and oxygen atoms in total. The third-order valence-corrected chi connectivity index (χ3v) is 6.58. The van der Waals surface area contributed by atoms with Gasteiger partial charge in [0.25, 0.3) is 0 Å². The van der Waals surface area contributed by atoms with Crippen LogP contribution in [0.1, 0.15) is 11.1 Å². The molecule has 0 amide bonds. The molecule has 1 aromatic heterocycles. The minimum atomic E-state index is 0.870. The Labute approximate surface area is 204 Å². The molecule has 6 rings (SSSR count). The summed E-state index contributed by atoms with van der Waals surface area (Å²) in [6, 6.07) is 34.1. The maximum absolute atomic E-state index is 6.38. The predicted molar refractivity (Wildman–Crippen MR) is 150 cm³/mol. The van der Waals surface area contributed by atoms with E-state index in [4.69, 9.17) is 4.42 Å². The van der Waals surface area contributed by atoms with Crippen molar-refractivity contribution in [2.75, 3.05) is 5.32 Å². The van der Waals surface area contributed by atoms with Crippen LogP contribution in [-0.2, 0) is 0 Å². The summed E-state index contributed by atoms with van der Waals surface area (Å²) in [5, 5.41) is 8.28. The number of hydrogen-bond acceptors (Lipinski definition) is 2. The van der Waals surface area contributed by atoms with Crippen molar-refractivity contribution >= 4 is 50.2 Å². The Balaban J connectivity index is 1.44. The van der Waals surface area contributed by atoms with E-state index < -0.39 is 0 Å². The van der Waals surface area contributed by atoms with Crippen LogP contribution >= 0.6 is 0 Å². The highest BCUT2D eigenvalue weighted by Gasteiger charge is 2.13. The Morgan fingerprint density at radius 1 is 0.743 bits per heavy atom. The highest BCUT2D eigenvalue weighted by molar-refractivity contribution is 6.09. The fraction of sp³-hybridized carbons (Fsp3) is 0.0303. The maximum Gasteiger partial charge on any atom is 0.142 e. The van der Waals surface area contributed by atoms with Gasteiger partial charge >= 0.3 is 0 Å². The molecule has 0 bridgehead atoms. The van der Waals surface area contributed by atoms with Gasteiger partial charge in [0.1, 0.15) is 11.2 Å². The minimum absolute atomic E-state index is 0.870. The number of allylic oxidation sites excluding steroid dienone is 2. The van der Waals surface area contributed by atoms with Crippen LogP contribution in [0.2, 0.25) is 0 Å². The number of nitrogens with one attached hydrogen (secondary N) is 1. The number of benzene rings is 5. The Morgan fingerprint density at radius 2 is 1.51 bits per heavy atom. The first-order valence-electron chi connectivity index (χ1n) is 11.8. The summed E-state index contributed by atoms with van der Waals surface area (Å²) in [7, 11) is 0. The highest BCUT2D eigenvalue weighted by Crippen LogP contribution is 2.37. The molecule has 1 N–H and O–H groups in total. The van der Waals surface area contributed by atoms with Crippen molar-refractivity contribution in [2.45, 2.75) is 6.92 Å². The van der Waals surface area contributed by atoms with Gasteiger partial charge in [-0.3, -0.25) is 0 Å². The maximum atomic E-state index is 6.38. The molecular weight excluding hydrogens is 426 g/mol. The Kier molecular flexibility index (Phi) is 5.20. The second-order valence-electron chi connectivity index (χ2n) is 8.78. The molecule has 0 radical (unpaired) electrons. The second-order valence-corrected chi connectivity index (χ2v) is 8.78. The molecule has 0 aliphatic rings. The van der Waals surface area contributed by atoms with Crippen molar-refractivity contribution in [1.29, 1.82) is 0 Å². The fourth-order valence-electron chi connectivity index (χ4n) is 4.84. The van der Waals surface area contributed by atoms with Gasteiger partial charge < -0.3 is 9.73 Å². The molecule has 0 spiro atoms. The van der Waals surface area contributed by atoms with E-state index in [0.29, 0.717) is 0 Å². The van der Waals surface area contributed by atoms with Crippen molar-refractivity contribution < 1.29 is 4.42 Å². The van der Waals surface area contributed by atoms with E-state index in [2.05, 4.69) is 122 Å². The van der Waals surface area contributed by atoms with Gasteiger partial charge in [-0.05, 0) is 47.2 Å². The summed E-state index contributed by atoms with van der Waals surface area (Å²) >= 11 is 0. The molecule has 0 aliphatic carbocycles. The third-order valence-electron chi connectivity index (χ3n) is 6.58. The summed E-state index contributed by atoms with van der Waals surface area (Å²) in [4.78, 5) is 0. The van der Waals surface area contributed by atoms with Crippen LogP contribution in [0, 0.1) is 6.92 Å². The predicted octanol–water partition coefficient (Wildman–Crippen LogP) is 9.66. The fourth-order valence-corrected chi connectivity index (χ4v) is 4.84. The third kappa shape index (κ3) is 3.70. The smallest absolute Gasteiger partial charge is 0.142 e. The largest absolute Gasteiger partial charge is 0.455 e. The first kappa shape index (κ1) is 21.0. The second kappa shape index (κ2) is 8.66. The molecule has 2 heteroatoms. The molecule has 0 saturated carbocycles. The van der Waals surface area contributed by atoms with E-state index in [0.717, 1.165) is 38.9 Å². The zero-order chi connectivity index (χ0) is 23.8. The van der Waals surface area contributed by atoms with Gasteiger partial charge in [-0.25, -0.2) is 0 Å². The minimum Gasteiger partial charge on any atom is -0.455 e. The van der Waals surface area contributed by atoms with Gasteiger partial charge in [-0.2, -0.15) is 0 Å². The SMILES string of the molecule is C=C/C=C\c1c(C)ccc2c1oc1cc(Nc3ccc(-c4ccccc4)c4ccccc34)ccc12. The lowest BCUT2D eigenvalue weighted by atomic mass is 9.97. The highest BCUT2D eigenvalue weighted by atomic mass is 16.3. The topological polar surface area (TPSA) is 25.2 Å². The van der Waals surface area contributed by atoms with E-state index in [1.165, 1.54) is 27.5 Å².